The molecule has 0 spiro atoms. The highest BCUT2D eigenvalue weighted by Crippen LogP contribution is 2.41. The van der Waals surface area contributed by atoms with E-state index in [4.69, 9.17) is 40.5 Å². The summed E-state index contributed by atoms with van der Waals surface area (Å²) < 4.78 is 30.8. The second-order valence-corrected chi connectivity index (χ2v) is 10.8. The first-order valence-corrected chi connectivity index (χ1v) is 13.4. The third-order valence-corrected chi connectivity index (χ3v) is 8.20. The molecule has 4 aromatic rings. The van der Waals surface area contributed by atoms with Gasteiger partial charge in [0, 0.05) is 26.9 Å². The summed E-state index contributed by atoms with van der Waals surface area (Å²) in [5, 5.41) is 13.3. The SMILES string of the molecule is N#CC1=C(N)n2c(s/c(=C\c3c(F)cccc3Cl)c2=O)=C(C(=O)Nc2ccc(Cl)cc2)C1c1c(F)cccc1Cl. The molecule has 1 atom stereocenters. The summed E-state index contributed by atoms with van der Waals surface area (Å²) in [6.45, 7) is 0. The van der Waals surface area contributed by atoms with Crippen LogP contribution >= 0.6 is 46.1 Å². The molecular formula is C28H15Cl3F2N4O2S. The minimum Gasteiger partial charge on any atom is -0.384 e. The van der Waals surface area contributed by atoms with E-state index < -0.39 is 29.0 Å². The van der Waals surface area contributed by atoms with Gasteiger partial charge in [0.05, 0.1) is 32.7 Å². The maximum absolute atomic E-state index is 15.3. The maximum atomic E-state index is 15.3. The van der Waals surface area contributed by atoms with Gasteiger partial charge in [-0.25, -0.2) is 8.78 Å². The van der Waals surface area contributed by atoms with Crippen LogP contribution in [0.25, 0.3) is 17.5 Å². The van der Waals surface area contributed by atoms with E-state index in [0.29, 0.717) is 10.7 Å². The number of hydrogen-bond donors (Lipinski definition) is 2. The molecule has 3 aromatic carbocycles. The van der Waals surface area contributed by atoms with Crippen LogP contribution in [0.5, 0.6) is 0 Å². The first-order chi connectivity index (χ1) is 19.1. The van der Waals surface area contributed by atoms with Crippen molar-refractivity contribution in [3.8, 4) is 6.07 Å². The first-order valence-electron chi connectivity index (χ1n) is 11.4. The average molecular weight is 616 g/mol. The number of nitrogens with zero attached hydrogens (tertiary/aromatic N) is 2. The number of rotatable bonds is 4. The van der Waals surface area contributed by atoms with Gasteiger partial charge in [-0.1, -0.05) is 46.9 Å². The summed E-state index contributed by atoms with van der Waals surface area (Å²) in [5.74, 6) is -3.89. The molecule has 0 saturated heterocycles. The third-order valence-electron chi connectivity index (χ3n) is 6.18. The Morgan fingerprint density at radius 3 is 2.30 bits per heavy atom. The van der Waals surface area contributed by atoms with Crippen molar-refractivity contribution >= 4 is 75.2 Å². The Balaban J connectivity index is 1.87. The molecule has 1 aliphatic heterocycles. The van der Waals surface area contributed by atoms with Crippen molar-refractivity contribution < 1.29 is 13.6 Å². The normalized spacial score (nSPS) is 15.2. The summed E-state index contributed by atoms with van der Waals surface area (Å²) in [6, 6.07) is 16.1. The van der Waals surface area contributed by atoms with Gasteiger partial charge >= 0.3 is 0 Å². The van der Waals surface area contributed by atoms with E-state index in [0.717, 1.165) is 22.0 Å². The Morgan fingerprint density at radius 2 is 1.68 bits per heavy atom. The number of nitriles is 1. The molecule has 1 aromatic heterocycles. The van der Waals surface area contributed by atoms with Crippen LogP contribution in [0.4, 0.5) is 14.5 Å². The highest BCUT2D eigenvalue weighted by atomic mass is 35.5. The minimum absolute atomic E-state index is 0.0102. The highest BCUT2D eigenvalue weighted by Gasteiger charge is 2.38. The number of fused-ring (bicyclic) bond motifs is 1. The number of amides is 1. The largest absolute Gasteiger partial charge is 0.384 e. The Bertz CT molecular complexity index is 1920. The average Bonchev–Trinajstić information content (AvgIpc) is 3.23. The van der Waals surface area contributed by atoms with Crippen molar-refractivity contribution in [3.05, 3.63) is 124 Å². The number of nitrogens with one attached hydrogen (secondary N) is 1. The summed E-state index contributed by atoms with van der Waals surface area (Å²) >= 11 is 19.3. The number of aromatic nitrogens is 1. The van der Waals surface area contributed by atoms with Gasteiger partial charge in [0.25, 0.3) is 11.5 Å². The van der Waals surface area contributed by atoms with Crippen LogP contribution < -0.4 is 25.8 Å². The molecule has 6 nitrogen and oxygen atoms in total. The van der Waals surface area contributed by atoms with Gasteiger partial charge in [-0.2, -0.15) is 5.26 Å². The molecule has 200 valence electrons. The van der Waals surface area contributed by atoms with E-state index in [1.165, 1.54) is 36.4 Å². The fourth-order valence-corrected chi connectivity index (χ4v) is 6.13. The van der Waals surface area contributed by atoms with Crippen LogP contribution in [0.15, 0.2) is 71.0 Å². The Hall–Kier alpha value is -3.94. The van der Waals surface area contributed by atoms with Crippen LogP contribution in [0, 0.1) is 23.0 Å². The molecule has 0 fully saturated rings. The smallest absolute Gasteiger partial charge is 0.274 e. The van der Waals surface area contributed by atoms with E-state index in [-0.39, 0.29) is 47.3 Å². The number of halogens is 5. The van der Waals surface area contributed by atoms with Crippen LogP contribution in [0.2, 0.25) is 15.1 Å². The molecule has 1 unspecified atom stereocenters. The lowest BCUT2D eigenvalue weighted by molar-refractivity contribution is -0.111. The zero-order valence-corrected chi connectivity index (χ0v) is 23.1. The number of benzene rings is 3. The lowest BCUT2D eigenvalue weighted by Crippen LogP contribution is -2.41. The number of thiazole rings is 1. The zero-order chi connectivity index (χ0) is 28.7. The van der Waals surface area contributed by atoms with Gasteiger partial charge in [-0.05, 0) is 54.6 Å². The Kier molecular flexibility index (Phi) is 7.53. The Labute approximate surface area is 244 Å². The van der Waals surface area contributed by atoms with Crippen molar-refractivity contribution in [1.82, 2.24) is 4.57 Å². The van der Waals surface area contributed by atoms with Crippen molar-refractivity contribution in [2.45, 2.75) is 5.92 Å². The molecule has 0 bridgehead atoms. The molecule has 0 radical (unpaired) electrons. The van der Waals surface area contributed by atoms with Gasteiger partial charge in [-0.3, -0.25) is 14.2 Å². The molecule has 0 saturated carbocycles. The second kappa shape index (κ2) is 10.9. The molecule has 1 amide bonds. The summed E-state index contributed by atoms with van der Waals surface area (Å²) in [6.07, 6.45) is 1.23. The number of nitrogens with two attached hydrogens (primary N) is 1. The molecule has 40 heavy (non-hydrogen) atoms. The van der Waals surface area contributed by atoms with Crippen molar-refractivity contribution in [2.24, 2.45) is 5.73 Å². The van der Waals surface area contributed by atoms with Gasteiger partial charge in [0.15, 0.2) is 0 Å². The molecule has 12 heteroatoms. The highest BCUT2D eigenvalue weighted by molar-refractivity contribution is 7.07. The van der Waals surface area contributed by atoms with Gasteiger partial charge in [-0.15, -0.1) is 11.3 Å². The first kappa shape index (κ1) is 27.6. The minimum atomic E-state index is -1.37. The number of anilines is 1. The lowest BCUT2D eigenvalue weighted by Gasteiger charge is -2.26. The number of hydrogen-bond acceptors (Lipinski definition) is 5. The fourth-order valence-electron chi connectivity index (χ4n) is 4.35. The summed E-state index contributed by atoms with van der Waals surface area (Å²) in [5.41, 5.74) is 5.29. The van der Waals surface area contributed by atoms with Gasteiger partial charge in [0.1, 0.15) is 22.1 Å². The molecule has 5 rings (SSSR count). The summed E-state index contributed by atoms with van der Waals surface area (Å²) in [7, 11) is 0. The molecule has 2 heterocycles. The Morgan fingerprint density at radius 1 is 1.02 bits per heavy atom. The molecular weight excluding hydrogens is 601 g/mol. The van der Waals surface area contributed by atoms with Gasteiger partial charge in [0.2, 0.25) is 0 Å². The van der Waals surface area contributed by atoms with Crippen LogP contribution in [-0.2, 0) is 4.79 Å². The fraction of sp³-hybridized carbons (Fsp3) is 0.0357. The topological polar surface area (TPSA) is 101 Å². The molecule has 3 N–H and O–H groups in total. The van der Waals surface area contributed by atoms with E-state index in [1.54, 1.807) is 24.3 Å². The van der Waals surface area contributed by atoms with E-state index in [9.17, 15) is 19.2 Å². The predicted molar refractivity (Wildman–Crippen MR) is 153 cm³/mol. The van der Waals surface area contributed by atoms with Gasteiger partial charge < -0.3 is 11.1 Å². The standard InChI is InChI=1S/C28H15Cl3F2N4O2S/c29-13-7-9-14(10-8-13)36-26(38)24-22(23-18(31)4-2-6-20(23)33)16(12-34)25(35)37-27(39)21(40-28(24)37)11-15-17(30)3-1-5-19(15)32/h1-11,22H,35H2,(H,36,38)/b21-11-. The van der Waals surface area contributed by atoms with Crippen LogP contribution in [0.1, 0.15) is 17.0 Å². The monoisotopic (exact) mass is 614 g/mol. The molecule has 1 aliphatic rings. The predicted octanol–water partition coefficient (Wildman–Crippen LogP) is 5.21. The summed E-state index contributed by atoms with van der Waals surface area (Å²) in [4.78, 5) is 27.4. The zero-order valence-electron chi connectivity index (χ0n) is 20.0. The molecule has 0 aliphatic carbocycles. The second-order valence-electron chi connectivity index (χ2n) is 8.55. The number of allylic oxidation sites excluding steroid dienone is 1. The number of carbonyl (C=O) groups excluding carboxylic acids is 1. The lowest BCUT2D eigenvalue weighted by atomic mass is 9.83. The number of carbonyl (C=O) groups is 1. The van der Waals surface area contributed by atoms with E-state index in [1.807, 2.05) is 6.07 Å². The van der Waals surface area contributed by atoms with Crippen molar-refractivity contribution in [3.63, 3.8) is 0 Å². The maximum Gasteiger partial charge on any atom is 0.274 e. The van der Waals surface area contributed by atoms with Crippen molar-refractivity contribution in [2.75, 3.05) is 5.32 Å². The van der Waals surface area contributed by atoms with Crippen molar-refractivity contribution in [1.29, 1.82) is 5.26 Å². The van der Waals surface area contributed by atoms with E-state index in [2.05, 4.69) is 5.32 Å². The third kappa shape index (κ3) is 4.80. The van der Waals surface area contributed by atoms with E-state index >= 15 is 4.39 Å². The van der Waals surface area contributed by atoms with Crippen LogP contribution in [-0.4, -0.2) is 10.5 Å². The van der Waals surface area contributed by atoms with Crippen LogP contribution in [0.3, 0.4) is 0 Å². The quantitative estimate of drug-likeness (QED) is 0.329.